The molecule has 0 saturated carbocycles. The highest BCUT2D eigenvalue weighted by atomic mass is 79.9. The van der Waals surface area contributed by atoms with Gasteiger partial charge in [0.05, 0.1) is 0 Å². The summed E-state index contributed by atoms with van der Waals surface area (Å²) < 4.78 is 3.43. The predicted molar refractivity (Wildman–Crippen MR) is 89.0 cm³/mol. The van der Waals surface area contributed by atoms with Crippen LogP contribution in [0.3, 0.4) is 0 Å². The maximum Gasteiger partial charge on any atom is 0.0481 e. The summed E-state index contributed by atoms with van der Waals surface area (Å²) in [6.07, 6.45) is 6.83. The fourth-order valence-electron chi connectivity index (χ4n) is 2.51. The van der Waals surface area contributed by atoms with Gasteiger partial charge in [0.1, 0.15) is 0 Å². The van der Waals surface area contributed by atoms with Crippen LogP contribution in [0, 0.1) is 0 Å². The smallest absolute Gasteiger partial charge is 0.0481 e. The highest BCUT2D eigenvalue weighted by molar-refractivity contribution is 9.10. The number of hydrogen-bond acceptors (Lipinski definition) is 1. The maximum atomic E-state index is 3.61. The zero-order valence-electron chi connectivity index (χ0n) is 12.3. The van der Waals surface area contributed by atoms with Crippen molar-refractivity contribution in [2.24, 2.45) is 0 Å². The van der Waals surface area contributed by atoms with E-state index in [1.54, 1.807) is 0 Å². The molecule has 1 atom stereocenters. The van der Waals surface area contributed by atoms with E-state index in [9.17, 15) is 0 Å². The van der Waals surface area contributed by atoms with Gasteiger partial charge < -0.3 is 9.88 Å². The summed E-state index contributed by atoms with van der Waals surface area (Å²) in [5, 5.41) is 3.57. The van der Waals surface area contributed by atoms with Crippen LogP contribution in [0.1, 0.15) is 43.9 Å². The summed E-state index contributed by atoms with van der Waals surface area (Å²) >= 11 is 3.61. The van der Waals surface area contributed by atoms with E-state index in [4.69, 9.17) is 0 Å². The Balaban J connectivity index is 2.10. The first kappa shape index (κ1) is 15.3. The summed E-state index contributed by atoms with van der Waals surface area (Å²) in [5.74, 6) is 0. The molecule has 1 N–H and O–H groups in total. The predicted octanol–water partition coefficient (Wildman–Crippen LogP) is 4.75. The van der Waals surface area contributed by atoms with Gasteiger partial charge in [-0.2, -0.15) is 0 Å². The average molecular weight is 335 g/mol. The monoisotopic (exact) mass is 334 g/mol. The molecule has 1 heterocycles. The number of aromatic nitrogens is 1. The Morgan fingerprint density at radius 3 is 2.70 bits per heavy atom. The second-order valence-corrected chi connectivity index (χ2v) is 5.96. The molecule has 0 spiro atoms. The molecule has 0 bridgehead atoms. The lowest BCUT2D eigenvalue weighted by molar-refractivity contribution is 0.508. The fraction of sp³-hybridized carbons (Fsp3) is 0.412. The van der Waals surface area contributed by atoms with Crippen molar-refractivity contribution in [3.05, 3.63) is 58.3 Å². The molecule has 0 aliphatic rings. The number of benzene rings is 1. The van der Waals surface area contributed by atoms with Gasteiger partial charge in [-0.1, -0.05) is 54.4 Å². The highest BCUT2D eigenvalue weighted by Crippen LogP contribution is 2.21. The van der Waals surface area contributed by atoms with E-state index in [1.807, 2.05) is 0 Å². The molecule has 0 aliphatic heterocycles. The van der Waals surface area contributed by atoms with Crippen LogP contribution in [0.25, 0.3) is 0 Å². The first-order valence-electron chi connectivity index (χ1n) is 7.37. The highest BCUT2D eigenvalue weighted by Gasteiger charge is 2.10. The Kier molecular flexibility index (Phi) is 5.86. The van der Waals surface area contributed by atoms with Crippen molar-refractivity contribution >= 4 is 15.9 Å². The molecule has 1 aromatic carbocycles. The van der Waals surface area contributed by atoms with Crippen LogP contribution in [0.15, 0.2) is 47.2 Å². The summed E-state index contributed by atoms with van der Waals surface area (Å²) in [6, 6.07) is 11.1. The van der Waals surface area contributed by atoms with Crippen LogP contribution in [-0.4, -0.2) is 11.1 Å². The number of hydrogen-bond donors (Lipinski definition) is 1. The number of rotatable bonds is 7. The number of nitrogens with one attached hydrogen (secondary N) is 1. The minimum Gasteiger partial charge on any atom is -0.350 e. The van der Waals surface area contributed by atoms with E-state index < -0.39 is 0 Å². The van der Waals surface area contributed by atoms with Gasteiger partial charge in [0.2, 0.25) is 0 Å². The molecule has 2 nitrogen and oxygen atoms in total. The molecule has 0 fully saturated rings. The molecule has 1 unspecified atom stereocenters. The first-order chi connectivity index (χ1) is 9.74. The van der Waals surface area contributed by atoms with E-state index in [0.717, 1.165) is 13.1 Å². The second-order valence-electron chi connectivity index (χ2n) is 5.11. The van der Waals surface area contributed by atoms with Crippen molar-refractivity contribution in [3.8, 4) is 0 Å². The van der Waals surface area contributed by atoms with Gasteiger partial charge in [0.25, 0.3) is 0 Å². The first-order valence-corrected chi connectivity index (χ1v) is 8.16. The van der Waals surface area contributed by atoms with E-state index in [2.05, 4.69) is 82.4 Å². The van der Waals surface area contributed by atoms with E-state index in [-0.39, 0.29) is 0 Å². The van der Waals surface area contributed by atoms with Crippen molar-refractivity contribution in [2.45, 2.75) is 39.3 Å². The molecule has 3 heteroatoms. The molecule has 0 radical (unpaired) electrons. The Labute approximate surface area is 130 Å². The van der Waals surface area contributed by atoms with Crippen LogP contribution >= 0.6 is 15.9 Å². The zero-order valence-corrected chi connectivity index (χ0v) is 13.9. The van der Waals surface area contributed by atoms with Crippen molar-refractivity contribution < 1.29 is 0 Å². The largest absolute Gasteiger partial charge is 0.350 e. The SMILES string of the molecule is CCCC(NCC)c1ccn(Cc2ccccc2Br)c1. The van der Waals surface area contributed by atoms with Gasteiger partial charge in [0.15, 0.2) is 0 Å². The number of nitrogens with zero attached hydrogens (tertiary/aromatic N) is 1. The van der Waals surface area contributed by atoms with Crippen LogP contribution in [0.5, 0.6) is 0 Å². The van der Waals surface area contributed by atoms with Crippen molar-refractivity contribution in [1.29, 1.82) is 0 Å². The topological polar surface area (TPSA) is 17.0 Å². The summed E-state index contributed by atoms with van der Waals surface area (Å²) in [7, 11) is 0. The summed E-state index contributed by atoms with van der Waals surface area (Å²) in [5.41, 5.74) is 2.70. The molecule has 2 rings (SSSR count). The Morgan fingerprint density at radius 1 is 1.20 bits per heavy atom. The lowest BCUT2D eigenvalue weighted by Crippen LogP contribution is -2.20. The lowest BCUT2D eigenvalue weighted by Gasteiger charge is -2.15. The summed E-state index contributed by atoms with van der Waals surface area (Å²) in [4.78, 5) is 0. The van der Waals surface area contributed by atoms with Gasteiger partial charge in [0, 0.05) is 29.5 Å². The van der Waals surface area contributed by atoms with Crippen LogP contribution in [-0.2, 0) is 6.54 Å². The molecule has 0 aliphatic carbocycles. The third-order valence-corrected chi connectivity index (χ3v) is 4.29. The van der Waals surface area contributed by atoms with Crippen LogP contribution < -0.4 is 5.32 Å². The zero-order chi connectivity index (χ0) is 14.4. The second kappa shape index (κ2) is 7.65. The van der Waals surface area contributed by atoms with Crippen molar-refractivity contribution in [3.63, 3.8) is 0 Å². The maximum absolute atomic E-state index is 3.61. The lowest BCUT2D eigenvalue weighted by atomic mass is 10.1. The Bertz CT molecular complexity index is 527. The van der Waals surface area contributed by atoms with Gasteiger partial charge >= 0.3 is 0 Å². The Morgan fingerprint density at radius 2 is 2.00 bits per heavy atom. The molecular formula is C17H23BrN2. The number of halogens is 1. The molecule has 20 heavy (non-hydrogen) atoms. The Hall–Kier alpha value is -1.06. The van der Waals surface area contributed by atoms with Gasteiger partial charge in [-0.05, 0) is 36.2 Å². The quantitative estimate of drug-likeness (QED) is 0.773. The molecule has 2 aromatic rings. The van der Waals surface area contributed by atoms with Crippen molar-refractivity contribution in [1.82, 2.24) is 9.88 Å². The van der Waals surface area contributed by atoms with E-state index in [1.165, 1.54) is 28.4 Å². The molecular weight excluding hydrogens is 312 g/mol. The molecule has 1 aromatic heterocycles. The van der Waals surface area contributed by atoms with Gasteiger partial charge in [-0.3, -0.25) is 0 Å². The summed E-state index contributed by atoms with van der Waals surface area (Å²) in [6.45, 7) is 6.33. The molecule has 108 valence electrons. The van der Waals surface area contributed by atoms with Crippen LogP contribution in [0.4, 0.5) is 0 Å². The van der Waals surface area contributed by atoms with Crippen LogP contribution in [0.2, 0.25) is 0 Å². The fourth-order valence-corrected chi connectivity index (χ4v) is 2.92. The molecule has 0 saturated heterocycles. The third-order valence-electron chi connectivity index (χ3n) is 3.51. The van der Waals surface area contributed by atoms with E-state index >= 15 is 0 Å². The van der Waals surface area contributed by atoms with Gasteiger partial charge in [-0.25, -0.2) is 0 Å². The third kappa shape index (κ3) is 3.97. The molecule has 0 amide bonds. The van der Waals surface area contributed by atoms with E-state index in [0.29, 0.717) is 6.04 Å². The van der Waals surface area contributed by atoms with Crippen molar-refractivity contribution in [2.75, 3.05) is 6.54 Å². The van der Waals surface area contributed by atoms with Gasteiger partial charge in [-0.15, -0.1) is 0 Å². The minimum atomic E-state index is 0.477. The normalized spacial score (nSPS) is 12.6. The average Bonchev–Trinajstić information content (AvgIpc) is 2.90. The standard InChI is InChI=1S/C17H23BrN2/c1-3-7-17(19-4-2)15-10-11-20(13-15)12-14-8-5-6-9-16(14)18/h5-6,8-11,13,17,19H,3-4,7,12H2,1-2H3. The minimum absolute atomic E-state index is 0.477.